The van der Waals surface area contributed by atoms with E-state index in [1.807, 2.05) is 11.4 Å². The minimum atomic E-state index is -0.305. The summed E-state index contributed by atoms with van der Waals surface area (Å²) in [5, 5.41) is 5.15. The van der Waals surface area contributed by atoms with Gasteiger partial charge in [0.1, 0.15) is 10.5 Å². The maximum atomic E-state index is 13.4. The topological polar surface area (TPSA) is 67.2 Å². The number of piperidine rings is 1. The minimum Gasteiger partial charge on any atom is -0.353 e. The third-order valence-electron chi connectivity index (χ3n) is 6.83. The van der Waals surface area contributed by atoms with Crippen LogP contribution in [0.3, 0.4) is 0 Å². The van der Waals surface area contributed by atoms with Crippen LogP contribution in [0, 0.1) is 11.7 Å². The molecule has 0 spiro atoms. The Balaban J connectivity index is 1.42. The number of halogens is 1. The van der Waals surface area contributed by atoms with Gasteiger partial charge in [-0.15, -0.1) is 11.3 Å². The van der Waals surface area contributed by atoms with Crippen molar-refractivity contribution in [3.63, 3.8) is 0 Å². The van der Waals surface area contributed by atoms with Gasteiger partial charge < -0.3 is 10.2 Å². The van der Waals surface area contributed by atoms with Crippen molar-refractivity contribution in [2.75, 3.05) is 18.0 Å². The zero-order valence-corrected chi connectivity index (χ0v) is 19.5. The molecule has 1 N–H and O–H groups in total. The summed E-state index contributed by atoms with van der Waals surface area (Å²) in [5.74, 6) is 0.289. The number of rotatable bonds is 5. The number of hydrogen-bond acceptors (Lipinski definition) is 5. The second-order valence-electron chi connectivity index (χ2n) is 9.19. The summed E-state index contributed by atoms with van der Waals surface area (Å²) in [6.07, 6.45) is 7.47. The number of carbonyl (C=O) groups excluding carboxylic acids is 1. The first-order valence-corrected chi connectivity index (χ1v) is 12.7. The van der Waals surface area contributed by atoms with Crippen molar-refractivity contribution in [1.29, 1.82) is 0 Å². The zero-order chi connectivity index (χ0) is 22.8. The molecule has 2 fully saturated rings. The molecule has 2 aliphatic rings. The molecule has 1 aliphatic carbocycles. The fourth-order valence-electron chi connectivity index (χ4n) is 5.03. The van der Waals surface area contributed by atoms with Crippen molar-refractivity contribution < 1.29 is 9.18 Å². The van der Waals surface area contributed by atoms with Crippen LogP contribution in [0.5, 0.6) is 0 Å². The van der Waals surface area contributed by atoms with Crippen LogP contribution in [0.4, 0.5) is 10.3 Å². The SMILES string of the molecule is O=C(NC1CCCCC1)C1CCCN(c2nc3ccsc3c(=O)n2Cc2ccc(F)cc2)C1. The van der Waals surface area contributed by atoms with Crippen LogP contribution in [0.2, 0.25) is 0 Å². The van der Waals surface area contributed by atoms with Gasteiger partial charge in [-0.1, -0.05) is 31.4 Å². The Kier molecular flexibility index (Phi) is 6.44. The number of nitrogens with zero attached hydrogens (tertiary/aromatic N) is 3. The molecule has 0 bridgehead atoms. The van der Waals surface area contributed by atoms with Crippen molar-refractivity contribution in [2.45, 2.75) is 57.5 Å². The van der Waals surface area contributed by atoms with Crippen molar-refractivity contribution in [3.05, 3.63) is 57.4 Å². The van der Waals surface area contributed by atoms with E-state index in [0.717, 1.165) is 37.8 Å². The van der Waals surface area contributed by atoms with Gasteiger partial charge in [0.05, 0.1) is 18.0 Å². The van der Waals surface area contributed by atoms with Gasteiger partial charge in [0.15, 0.2) is 0 Å². The quantitative estimate of drug-likeness (QED) is 0.606. The summed E-state index contributed by atoms with van der Waals surface area (Å²) in [6, 6.07) is 8.36. The molecule has 1 atom stereocenters. The number of thiophene rings is 1. The highest BCUT2D eigenvalue weighted by Crippen LogP contribution is 2.26. The first-order valence-electron chi connectivity index (χ1n) is 11.9. The summed E-state index contributed by atoms with van der Waals surface area (Å²) in [5.41, 5.74) is 1.42. The molecule has 8 heteroatoms. The Bertz CT molecular complexity index is 1180. The van der Waals surface area contributed by atoms with E-state index >= 15 is 0 Å². The first-order chi connectivity index (χ1) is 16.1. The number of amides is 1. The second kappa shape index (κ2) is 9.63. The molecule has 0 radical (unpaired) electrons. The van der Waals surface area contributed by atoms with E-state index < -0.39 is 0 Å². The molecule has 1 amide bonds. The first kappa shape index (κ1) is 22.1. The van der Waals surface area contributed by atoms with Crippen LogP contribution in [0.15, 0.2) is 40.5 Å². The number of benzene rings is 1. The maximum Gasteiger partial charge on any atom is 0.273 e. The molecular formula is C25H29FN4O2S. The summed E-state index contributed by atoms with van der Waals surface area (Å²) >= 11 is 1.38. The lowest BCUT2D eigenvalue weighted by Crippen LogP contribution is -2.47. The van der Waals surface area contributed by atoms with E-state index in [0.29, 0.717) is 35.3 Å². The van der Waals surface area contributed by atoms with Gasteiger partial charge in [0.25, 0.3) is 5.56 Å². The average molecular weight is 469 g/mol. The predicted molar refractivity (Wildman–Crippen MR) is 129 cm³/mol. The van der Waals surface area contributed by atoms with Gasteiger partial charge in [-0.05, 0) is 54.8 Å². The number of nitrogens with one attached hydrogen (secondary N) is 1. The Morgan fingerprint density at radius 2 is 1.88 bits per heavy atom. The van der Waals surface area contributed by atoms with Crippen molar-refractivity contribution in [1.82, 2.24) is 14.9 Å². The highest BCUT2D eigenvalue weighted by Gasteiger charge is 2.30. The van der Waals surface area contributed by atoms with E-state index in [1.54, 1.807) is 16.7 Å². The van der Waals surface area contributed by atoms with Crippen LogP contribution >= 0.6 is 11.3 Å². The molecular weight excluding hydrogens is 439 g/mol. The molecule has 5 rings (SSSR count). The summed E-state index contributed by atoms with van der Waals surface area (Å²) in [6.45, 7) is 1.60. The molecule has 3 aromatic rings. The monoisotopic (exact) mass is 468 g/mol. The van der Waals surface area contributed by atoms with E-state index in [-0.39, 0.29) is 23.2 Å². The Morgan fingerprint density at radius 3 is 2.67 bits per heavy atom. The fraction of sp³-hybridized carbons (Fsp3) is 0.480. The van der Waals surface area contributed by atoms with Crippen LogP contribution in [-0.4, -0.2) is 34.6 Å². The van der Waals surface area contributed by atoms with Gasteiger partial charge in [0, 0.05) is 19.1 Å². The van der Waals surface area contributed by atoms with Crippen LogP contribution in [0.25, 0.3) is 10.2 Å². The number of anilines is 1. The zero-order valence-electron chi connectivity index (χ0n) is 18.6. The smallest absolute Gasteiger partial charge is 0.273 e. The Morgan fingerprint density at radius 1 is 1.09 bits per heavy atom. The molecule has 1 aromatic carbocycles. The largest absolute Gasteiger partial charge is 0.353 e. The van der Waals surface area contributed by atoms with E-state index in [4.69, 9.17) is 4.98 Å². The molecule has 1 aliphatic heterocycles. The van der Waals surface area contributed by atoms with Gasteiger partial charge in [-0.25, -0.2) is 9.37 Å². The lowest BCUT2D eigenvalue weighted by atomic mass is 9.93. The molecule has 1 unspecified atom stereocenters. The lowest BCUT2D eigenvalue weighted by Gasteiger charge is -2.35. The summed E-state index contributed by atoms with van der Waals surface area (Å²) in [4.78, 5) is 33.3. The fourth-order valence-corrected chi connectivity index (χ4v) is 5.81. The molecule has 33 heavy (non-hydrogen) atoms. The van der Waals surface area contributed by atoms with Crippen molar-refractivity contribution in [3.8, 4) is 0 Å². The summed E-state index contributed by atoms with van der Waals surface area (Å²) < 4.78 is 15.7. The third kappa shape index (κ3) is 4.81. The standard InChI is InChI=1S/C25H29FN4O2S/c26-19-10-8-17(9-11-19)15-30-24(32)22-21(12-14-33-22)28-25(30)29-13-4-5-18(16-29)23(31)27-20-6-2-1-3-7-20/h8-12,14,18,20H,1-7,13,15-16H2,(H,27,31). The number of carbonyl (C=O) groups is 1. The van der Waals surface area contributed by atoms with Gasteiger partial charge in [0.2, 0.25) is 11.9 Å². The maximum absolute atomic E-state index is 13.4. The number of aromatic nitrogens is 2. The van der Waals surface area contributed by atoms with Crippen LogP contribution in [-0.2, 0) is 11.3 Å². The van der Waals surface area contributed by atoms with Gasteiger partial charge in [-0.2, -0.15) is 0 Å². The van der Waals surface area contributed by atoms with Gasteiger partial charge in [-0.3, -0.25) is 14.2 Å². The molecule has 174 valence electrons. The van der Waals surface area contributed by atoms with E-state index in [2.05, 4.69) is 10.2 Å². The molecule has 1 saturated carbocycles. The second-order valence-corrected chi connectivity index (χ2v) is 10.1. The summed E-state index contributed by atoms with van der Waals surface area (Å²) in [7, 11) is 0. The van der Waals surface area contributed by atoms with Crippen LogP contribution < -0.4 is 15.8 Å². The van der Waals surface area contributed by atoms with Crippen molar-refractivity contribution in [2.24, 2.45) is 5.92 Å². The van der Waals surface area contributed by atoms with Crippen LogP contribution in [0.1, 0.15) is 50.5 Å². The van der Waals surface area contributed by atoms with Crippen molar-refractivity contribution >= 4 is 33.4 Å². The molecule has 2 aromatic heterocycles. The molecule has 1 saturated heterocycles. The number of hydrogen-bond donors (Lipinski definition) is 1. The normalized spacial score (nSPS) is 19.7. The highest BCUT2D eigenvalue weighted by molar-refractivity contribution is 7.17. The minimum absolute atomic E-state index is 0.0943. The Labute approximate surface area is 196 Å². The highest BCUT2D eigenvalue weighted by atomic mass is 32.1. The Hall–Kier alpha value is -2.74. The number of fused-ring (bicyclic) bond motifs is 1. The van der Waals surface area contributed by atoms with Gasteiger partial charge >= 0.3 is 0 Å². The van der Waals surface area contributed by atoms with E-state index in [9.17, 15) is 14.0 Å². The average Bonchev–Trinajstić information content (AvgIpc) is 3.32. The van der Waals surface area contributed by atoms with E-state index in [1.165, 1.54) is 42.7 Å². The molecule has 3 heterocycles. The lowest BCUT2D eigenvalue weighted by molar-refractivity contribution is -0.126. The molecule has 6 nitrogen and oxygen atoms in total. The third-order valence-corrected chi connectivity index (χ3v) is 7.72. The predicted octanol–water partition coefficient (Wildman–Crippen LogP) is 4.31.